The molecular weight excluding hydrogens is 345 g/mol. The third kappa shape index (κ3) is 4.88. The average molecular weight is 363 g/mol. The van der Waals surface area contributed by atoms with Gasteiger partial charge in [0.05, 0.1) is 6.61 Å². The molecule has 1 heterocycles. The SMILES string of the molecule is O=S(=O)(C=Cc1ccccc1)NCCc1cc(F)cc2c1OCOC2. The second kappa shape index (κ2) is 7.77. The molecule has 0 saturated carbocycles. The highest BCUT2D eigenvalue weighted by Crippen LogP contribution is 2.29. The van der Waals surface area contributed by atoms with Crippen LogP contribution in [0, 0.1) is 5.82 Å². The molecule has 2 aromatic carbocycles. The fourth-order valence-electron chi connectivity index (χ4n) is 2.55. The molecule has 0 amide bonds. The average Bonchev–Trinajstić information content (AvgIpc) is 2.61. The molecule has 2 aromatic rings. The summed E-state index contributed by atoms with van der Waals surface area (Å²) in [7, 11) is -3.57. The van der Waals surface area contributed by atoms with Crippen LogP contribution in [-0.2, 0) is 27.8 Å². The van der Waals surface area contributed by atoms with E-state index in [1.807, 2.05) is 30.3 Å². The number of rotatable bonds is 6. The maximum absolute atomic E-state index is 13.7. The lowest BCUT2D eigenvalue weighted by Crippen LogP contribution is -2.24. The van der Waals surface area contributed by atoms with Crippen LogP contribution in [0.3, 0.4) is 0 Å². The van der Waals surface area contributed by atoms with E-state index >= 15 is 0 Å². The molecule has 0 aliphatic carbocycles. The number of fused-ring (bicyclic) bond motifs is 1. The highest BCUT2D eigenvalue weighted by atomic mass is 32.2. The fourth-order valence-corrected chi connectivity index (χ4v) is 3.37. The Hall–Kier alpha value is -2.22. The van der Waals surface area contributed by atoms with Gasteiger partial charge in [0, 0.05) is 17.5 Å². The maximum Gasteiger partial charge on any atom is 0.233 e. The number of nitrogens with one attached hydrogen (secondary N) is 1. The number of halogens is 1. The molecular formula is C18H18FNO4S. The van der Waals surface area contributed by atoms with Crippen molar-refractivity contribution in [2.75, 3.05) is 13.3 Å². The Kier molecular flexibility index (Phi) is 5.47. The lowest BCUT2D eigenvalue weighted by atomic mass is 10.1. The van der Waals surface area contributed by atoms with Gasteiger partial charge < -0.3 is 9.47 Å². The fraction of sp³-hybridized carbons (Fsp3) is 0.222. The molecule has 1 aliphatic heterocycles. The second-order valence-electron chi connectivity index (χ2n) is 5.57. The normalized spacial score (nSPS) is 14.3. The first-order chi connectivity index (χ1) is 12.0. The summed E-state index contributed by atoms with van der Waals surface area (Å²) in [5.74, 6) is 0.182. The molecule has 3 rings (SSSR count). The lowest BCUT2D eigenvalue weighted by molar-refractivity contribution is -0.0172. The van der Waals surface area contributed by atoms with Gasteiger partial charge in [-0.2, -0.15) is 0 Å². The minimum atomic E-state index is -3.57. The third-order valence-electron chi connectivity index (χ3n) is 3.69. The van der Waals surface area contributed by atoms with E-state index in [4.69, 9.17) is 9.47 Å². The topological polar surface area (TPSA) is 64.6 Å². The Labute approximate surface area is 146 Å². The van der Waals surface area contributed by atoms with Gasteiger partial charge in [-0.15, -0.1) is 0 Å². The van der Waals surface area contributed by atoms with E-state index < -0.39 is 15.8 Å². The van der Waals surface area contributed by atoms with E-state index in [1.165, 1.54) is 18.2 Å². The molecule has 0 atom stereocenters. The van der Waals surface area contributed by atoms with Crippen molar-refractivity contribution in [3.63, 3.8) is 0 Å². The van der Waals surface area contributed by atoms with Crippen LogP contribution in [0.5, 0.6) is 5.75 Å². The van der Waals surface area contributed by atoms with Crippen molar-refractivity contribution in [3.8, 4) is 5.75 Å². The molecule has 0 spiro atoms. The number of sulfonamides is 1. The van der Waals surface area contributed by atoms with Crippen molar-refractivity contribution >= 4 is 16.1 Å². The number of hydrogen-bond donors (Lipinski definition) is 1. The molecule has 1 aliphatic rings. The van der Waals surface area contributed by atoms with Crippen molar-refractivity contribution in [2.45, 2.75) is 13.0 Å². The zero-order valence-corrected chi connectivity index (χ0v) is 14.3. The van der Waals surface area contributed by atoms with E-state index in [2.05, 4.69) is 4.72 Å². The first-order valence-electron chi connectivity index (χ1n) is 7.78. The molecule has 132 valence electrons. The van der Waals surface area contributed by atoms with Gasteiger partial charge in [-0.05, 0) is 35.8 Å². The van der Waals surface area contributed by atoms with Crippen molar-refractivity contribution < 1.29 is 22.3 Å². The summed E-state index contributed by atoms with van der Waals surface area (Å²) in [6.45, 7) is 0.532. The minimum Gasteiger partial charge on any atom is -0.467 e. The third-order valence-corrected chi connectivity index (χ3v) is 4.79. The zero-order chi connectivity index (χ0) is 17.7. The van der Waals surface area contributed by atoms with Gasteiger partial charge in [0.2, 0.25) is 10.0 Å². The Morgan fingerprint density at radius 3 is 2.80 bits per heavy atom. The van der Waals surface area contributed by atoms with Crippen LogP contribution in [-0.4, -0.2) is 21.8 Å². The van der Waals surface area contributed by atoms with Gasteiger partial charge in [-0.25, -0.2) is 17.5 Å². The summed E-state index contributed by atoms with van der Waals surface area (Å²) < 4.78 is 50.7. The van der Waals surface area contributed by atoms with E-state index in [1.54, 1.807) is 0 Å². The van der Waals surface area contributed by atoms with Crippen molar-refractivity contribution in [3.05, 3.63) is 70.4 Å². The van der Waals surface area contributed by atoms with Crippen LogP contribution in [0.15, 0.2) is 47.9 Å². The zero-order valence-electron chi connectivity index (χ0n) is 13.4. The van der Waals surface area contributed by atoms with Crippen LogP contribution < -0.4 is 9.46 Å². The highest BCUT2D eigenvalue weighted by molar-refractivity contribution is 7.92. The summed E-state index contributed by atoms with van der Waals surface area (Å²) >= 11 is 0. The first kappa shape index (κ1) is 17.6. The summed E-state index contributed by atoms with van der Waals surface area (Å²) in [5.41, 5.74) is 2.04. The van der Waals surface area contributed by atoms with E-state index in [0.29, 0.717) is 23.3 Å². The summed E-state index contributed by atoms with van der Waals surface area (Å²) in [4.78, 5) is 0. The standard InChI is InChI=1S/C18H18FNO4S/c19-17-10-15(18-16(11-17)12-23-13-24-18)6-8-20-25(21,22)9-7-14-4-2-1-3-5-14/h1-5,7,9-11,20H,6,8,12-13H2. The van der Waals surface area contributed by atoms with Gasteiger partial charge in [0.15, 0.2) is 6.79 Å². The molecule has 7 heteroatoms. The smallest absolute Gasteiger partial charge is 0.233 e. The van der Waals surface area contributed by atoms with E-state index in [9.17, 15) is 12.8 Å². The van der Waals surface area contributed by atoms with Crippen LogP contribution >= 0.6 is 0 Å². The molecule has 0 bridgehead atoms. The molecule has 25 heavy (non-hydrogen) atoms. The number of ether oxygens (including phenoxy) is 2. The Bertz CT molecular complexity index is 866. The second-order valence-corrected chi connectivity index (χ2v) is 7.22. The van der Waals surface area contributed by atoms with Gasteiger partial charge in [-0.3, -0.25) is 0 Å². The Balaban J connectivity index is 1.63. The molecule has 0 unspecified atom stereocenters. The molecule has 0 saturated heterocycles. The van der Waals surface area contributed by atoms with Gasteiger partial charge in [0.25, 0.3) is 0 Å². The maximum atomic E-state index is 13.7. The molecule has 0 aromatic heterocycles. The van der Waals surface area contributed by atoms with Crippen LogP contribution in [0.25, 0.3) is 6.08 Å². The first-order valence-corrected chi connectivity index (χ1v) is 9.33. The Morgan fingerprint density at radius 2 is 2.00 bits per heavy atom. The summed E-state index contributed by atoms with van der Waals surface area (Å²) in [5, 5.41) is 1.12. The lowest BCUT2D eigenvalue weighted by Gasteiger charge is -2.20. The van der Waals surface area contributed by atoms with Crippen molar-refractivity contribution in [2.24, 2.45) is 0 Å². The predicted molar refractivity (Wildman–Crippen MR) is 92.8 cm³/mol. The van der Waals surface area contributed by atoms with Gasteiger partial charge in [-0.1, -0.05) is 30.3 Å². The minimum absolute atomic E-state index is 0.108. The Morgan fingerprint density at radius 1 is 1.20 bits per heavy atom. The number of hydrogen-bond acceptors (Lipinski definition) is 4. The highest BCUT2D eigenvalue weighted by Gasteiger charge is 2.17. The largest absolute Gasteiger partial charge is 0.467 e. The molecule has 0 fully saturated rings. The van der Waals surface area contributed by atoms with Crippen molar-refractivity contribution in [1.82, 2.24) is 4.72 Å². The van der Waals surface area contributed by atoms with Crippen LogP contribution in [0.1, 0.15) is 16.7 Å². The molecule has 1 N–H and O–H groups in total. The predicted octanol–water partition coefficient (Wildman–Crippen LogP) is 2.83. The van der Waals surface area contributed by atoms with E-state index in [-0.39, 0.29) is 19.9 Å². The van der Waals surface area contributed by atoms with Crippen molar-refractivity contribution in [1.29, 1.82) is 0 Å². The van der Waals surface area contributed by atoms with Crippen LogP contribution in [0.2, 0.25) is 0 Å². The molecule has 5 nitrogen and oxygen atoms in total. The summed E-state index contributed by atoms with van der Waals surface area (Å²) in [6, 6.07) is 11.9. The quantitative estimate of drug-likeness (QED) is 0.857. The monoisotopic (exact) mass is 363 g/mol. The van der Waals surface area contributed by atoms with Crippen LogP contribution in [0.4, 0.5) is 4.39 Å². The van der Waals surface area contributed by atoms with E-state index in [0.717, 1.165) is 11.0 Å². The van der Waals surface area contributed by atoms with Gasteiger partial charge in [0.1, 0.15) is 11.6 Å². The molecule has 0 radical (unpaired) electrons. The van der Waals surface area contributed by atoms with Gasteiger partial charge >= 0.3 is 0 Å². The summed E-state index contributed by atoms with van der Waals surface area (Å²) in [6.07, 6.45) is 1.84. The number of benzene rings is 2.